The van der Waals surface area contributed by atoms with Crippen LogP contribution in [0.2, 0.25) is 0 Å². The van der Waals surface area contributed by atoms with Gasteiger partial charge in [0.2, 0.25) is 5.91 Å². The summed E-state index contributed by atoms with van der Waals surface area (Å²) in [5.74, 6) is 0.217. The third kappa shape index (κ3) is 3.25. The summed E-state index contributed by atoms with van der Waals surface area (Å²) < 4.78 is 0. The molecule has 0 unspecified atom stereocenters. The molecule has 2 aromatic rings. The maximum Gasteiger partial charge on any atom is 0.231 e. The summed E-state index contributed by atoms with van der Waals surface area (Å²) in [5.41, 5.74) is 0. The molecule has 0 bridgehead atoms. The Kier molecular flexibility index (Phi) is 4.21. The molecule has 0 saturated heterocycles. The van der Waals surface area contributed by atoms with Gasteiger partial charge in [-0.2, -0.15) is 5.26 Å². The molecule has 0 aliphatic carbocycles. The van der Waals surface area contributed by atoms with Gasteiger partial charge in [-0.15, -0.1) is 11.8 Å². The van der Waals surface area contributed by atoms with Gasteiger partial charge in [-0.25, -0.2) is 0 Å². The van der Waals surface area contributed by atoms with E-state index in [0.717, 1.165) is 4.90 Å². The van der Waals surface area contributed by atoms with Crippen molar-refractivity contribution in [3.63, 3.8) is 0 Å². The number of carbonyl (C=O) groups is 1. The first-order valence-corrected chi connectivity index (χ1v) is 6.53. The van der Waals surface area contributed by atoms with E-state index in [1.54, 1.807) is 0 Å². The molecule has 2 aromatic carbocycles. The highest BCUT2D eigenvalue weighted by molar-refractivity contribution is 8.00. The predicted molar refractivity (Wildman–Crippen MR) is 73.3 cm³/mol. The number of carbonyl (C=O) groups excluding carboxylic acids is 1. The topological polar surface area (TPSA) is 52.9 Å². The molecule has 0 spiro atoms. The number of thioether (sulfide) groups is 1. The maximum absolute atomic E-state index is 11.4. The van der Waals surface area contributed by atoms with Gasteiger partial charge in [0, 0.05) is 4.90 Å². The van der Waals surface area contributed by atoms with Crippen LogP contribution >= 0.6 is 11.8 Å². The molecular formula is C14H12N2OS. The number of amides is 1. The molecule has 2 rings (SSSR count). The van der Waals surface area contributed by atoms with Crippen molar-refractivity contribution in [2.75, 3.05) is 12.3 Å². The Morgan fingerprint density at radius 2 is 2.00 bits per heavy atom. The Balaban J connectivity index is 2.00. The lowest BCUT2D eigenvalue weighted by Gasteiger charge is -2.03. The molecule has 1 N–H and O–H groups in total. The van der Waals surface area contributed by atoms with Crippen LogP contribution in [-0.4, -0.2) is 18.2 Å². The molecule has 0 aliphatic heterocycles. The normalized spacial score (nSPS) is 9.94. The van der Waals surface area contributed by atoms with Crippen molar-refractivity contribution >= 4 is 28.4 Å². The highest BCUT2D eigenvalue weighted by atomic mass is 32.2. The summed E-state index contributed by atoms with van der Waals surface area (Å²) in [4.78, 5) is 12.4. The Labute approximate surface area is 110 Å². The lowest BCUT2D eigenvalue weighted by atomic mass is 10.1. The molecule has 0 aromatic heterocycles. The second-order valence-corrected chi connectivity index (χ2v) is 4.78. The standard InChI is InChI=1S/C14H12N2OS/c15-7-8-16-14(17)10-18-13-6-5-11-3-1-2-4-12(11)9-13/h1-6,9H,8,10H2,(H,16,17). The average Bonchev–Trinajstić information content (AvgIpc) is 2.42. The Morgan fingerprint density at radius 1 is 1.22 bits per heavy atom. The van der Waals surface area contributed by atoms with E-state index in [-0.39, 0.29) is 12.5 Å². The van der Waals surface area contributed by atoms with Gasteiger partial charge >= 0.3 is 0 Å². The van der Waals surface area contributed by atoms with Crippen molar-refractivity contribution < 1.29 is 4.79 Å². The van der Waals surface area contributed by atoms with Crippen molar-refractivity contribution in [2.24, 2.45) is 0 Å². The molecule has 0 aliphatic rings. The first kappa shape index (κ1) is 12.5. The first-order chi connectivity index (χ1) is 8.79. The summed E-state index contributed by atoms with van der Waals surface area (Å²) >= 11 is 1.47. The Bertz CT molecular complexity index is 604. The van der Waals surface area contributed by atoms with E-state index in [0.29, 0.717) is 5.75 Å². The van der Waals surface area contributed by atoms with Crippen molar-refractivity contribution in [3.8, 4) is 6.07 Å². The van der Waals surface area contributed by atoms with Crippen LogP contribution in [0.15, 0.2) is 47.4 Å². The SMILES string of the molecule is N#CCNC(=O)CSc1ccc2ccccc2c1. The summed E-state index contributed by atoms with van der Waals surface area (Å²) in [6, 6.07) is 16.1. The molecule has 0 atom stereocenters. The van der Waals surface area contributed by atoms with Gasteiger partial charge < -0.3 is 5.32 Å². The maximum atomic E-state index is 11.4. The molecule has 18 heavy (non-hydrogen) atoms. The van der Waals surface area contributed by atoms with E-state index >= 15 is 0 Å². The second-order valence-electron chi connectivity index (χ2n) is 3.73. The second kappa shape index (κ2) is 6.08. The number of nitriles is 1. The highest BCUT2D eigenvalue weighted by Crippen LogP contribution is 2.23. The predicted octanol–water partition coefficient (Wildman–Crippen LogP) is 2.57. The van der Waals surface area contributed by atoms with E-state index in [2.05, 4.69) is 23.5 Å². The third-order valence-corrected chi connectivity index (χ3v) is 3.45. The minimum Gasteiger partial charge on any atom is -0.342 e. The van der Waals surface area contributed by atoms with Crippen LogP contribution in [0.25, 0.3) is 10.8 Å². The lowest BCUT2D eigenvalue weighted by molar-refractivity contribution is -0.118. The van der Waals surface area contributed by atoms with E-state index < -0.39 is 0 Å². The third-order valence-electron chi connectivity index (χ3n) is 2.46. The first-order valence-electron chi connectivity index (χ1n) is 5.55. The fourth-order valence-electron chi connectivity index (χ4n) is 1.60. The number of nitrogens with zero attached hydrogens (tertiary/aromatic N) is 1. The zero-order chi connectivity index (χ0) is 12.8. The van der Waals surface area contributed by atoms with Crippen LogP contribution in [0.3, 0.4) is 0 Å². The number of hydrogen-bond acceptors (Lipinski definition) is 3. The fourth-order valence-corrected chi connectivity index (χ4v) is 2.37. The van der Waals surface area contributed by atoms with Crippen LogP contribution in [0.4, 0.5) is 0 Å². The van der Waals surface area contributed by atoms with Crippen LogP contribution < -0.4 is 5.32 Å². The number of nitrogens with one attached hydrogen (secondary N) is 1. The van der Waals surface area contributed by atoms with Crippen LogP contribution in [0, 0.1) is 11.3 Å². The van der Waals surface area contributed by atoms with Gasteiger partial charge in [0.1, 0.15) is 6.54 Å². The largest absolute Gasteiger partial charge is 0.342 e. The van der Waals surface area contributed by atoms with Crippen molar-refractivity contribution in [2.45, 2.75) is 4.90 Å². The fraction of sp³-hybridized carbons (Fsp3) is 0.143. The van der Waals surface area contributed by atoms with Crippen molar-refractivity contribution in [3.05, 3.63) is 42.5 Å². The van der Waals surface area contributed by atoms with Gasteiger partial charge in [-0.3, -0.25) is 4.79 Å². The minimum absolute atomic E-state index is 0.0666. The molecule has 0 saturated carbocycles. The number of hydrogen-bond donors (Lipinski definition) is 1. The summed E-state index contributed by atoms with van der Waals surface area (Å²) in [7, 11) is 0. The van der Waals surface area contributed by atoms with Gasteiger partial charge in [0.25, 0.3) is 0 Å². The van der Waals surface area contributed by atoms with Gasteiger partial charge in [0.15, 0.2) is 0 Å². The smallest absolute Gasteiger partial charge is 0.231 e. The molecule has 1 amide bonds. The summed E-state index contributed by atoms with van der Waals surface area (Å²) in [6.45, 7) is 0.0666. The van der Waals surface area contributed by atoms with E-state index in [1.165, 1.54) is 22.5 Å². The lowest BCUT2D eigenvalue weighted by Crippen LogP contribution is -2.25. The minimum atomic E-state index is -0.116. The number of fused-ring (bicyclic) bond motifs is 1. The van der Waals surface area contributed by atoms with E-state index in [1.807, 2.05) is 30.3 Å². The number of rotatable bonds is 4. The quantitative estimate of drug-likeness (QED) is 0.675. The van der Waals surface area contributed by atoms with Crippen LogP contribution in [0.5, 0.6) is 0 Å². The Morgan fingerprint density at radius 3 is 2.78 bits per heavy atom. The molecular weight excluding hydrogens is 244 g/mol. The van der Waals surface area contributed by atoms with Gasteiger partial charge in [-0.1, -0.05) is 30.3 Å². The van der Waals surface area contributed by atoms with Crippen molar-refractivity contribution in [1.29, 1.82) is 5.26 Å². The monoisotopic (exact) mass is 256 g/mol. The average molecular weight is 256 g/mol. The van der Waals surface area contributed by atoms with Gasteiger partial charge in [-0.05, 0) is 22.9 Å². The summed E-state index contributed by atoms with van der Waals surface area (Å²) in [5, 5.41) is 13.2. The van der Waals surface area contributed by atoms with Crippen LogP contribution in [0.1, 0.15) is 0 Å². The zero-order valence-corrected chi connectivity index (χ0v) is 10.5. The van der Waals surface area contributed by atoms with Crippen molar-refractivity contribution in [1.82, 2.24) is 5.32 Å². The van der Waals surface area contributed by atoms with Crippen LogP contribution in [-0.2, 0) is 4.79 Å². The molecule has 3 nitrogen and oxygen atoms in total. The molecule has 0 fully saturated rings. The highest BCUT2D eigenvalue weighted by Gasteiger charge is 2.02. The molecule has 0 radical (unpaired) electrons. The molecule has 4 heteroatoms. The zero-order valence-electron chi connectivity index (χ0n) is 9.72. The molecule has 90 valence electrons. The Hall–Kier alpha value is -1.99. The van der Waals surface area contributed by atoms with Gasteiger partial charge in [0.05, 0.1) is 11.8 Å². The molecule has 0 heterocycles. The summed E-state index contributed by atoms with van der Waals surface area (Å²) in [6.07, 6.45) is 0. The number of benzene rings is 2. The van der Waals surface area contributed by atoms with E-state index in [4.69, 9.17) is 5.26 Å². The van der Waals surface area contributed by atoms with E-state index in [9.17, 15) is 4.79 Å².